The van der Waals surface area contributed by atoms with Crippen molar-refractivity contribution in [2.75, 3.05) is 0 Å². The number of hydrogen-bond acceptors (Lipinski definition) is 4. The number of pyridine rings is 1. The molecule has 0 bridgehead atoms. The summed E-state index contributed by atoms with van der Waals surface area (Å²) in [6.07, 6.45) is 1.39. The zero-order valence-corrected chi connectivity index (χ0v) is 9.93. The Bertz CT molecular complexity index is 526. The van der Waals surface area contributed by atoms with E-state index in [9.17, 15) is 8.78 Å². The lowest BCUT2D eigenvalue weighted by Gasteiger charge is -2.03. The van der Waals surface area contributed by atoms with Gasteiger partial charge in [0.2, 0.25) is 5.88 Å². The molecule has 0 amide bonds. The van der Waals surface area contributed by atoms with E-state index in [1.807, 2.05) is 13.8 Å². The predicted octanol–water partition coefficient (Wildman–Crippen LogP) is 3.46. The van der Waals surface area contributed by atoms with Crippen LogP contribution in [0.4, 0.5) is 8.78 Å². The molecule has 0 unspecified atom stereocenters. The van der Waals surface area contributed by atoms with E-state index in [0.29, 0.717) is 11.3 Å². The average molecular weight is 254 g/mol. The third kappa shape index (κ3) is 2.82. The van der Waals surface area contributed by atoms with E-state index >= 15 is 0 Å². The first kappa shape index (κ1) is 12.5. The standard InChI is InChI=1S/C12H12F2N2O2/c1-7(2)10-6-9(16-18-10)8-3-4-15-11(5-8)17-12(13)14/h3-7,12H,1-2H3. The molecule has 0 radical (unpaired) electrons. The van der Waals surface area contributed by atoms with Gasteiger partial charge in [-0.2, -0.15) is 8.78 Å². The quantitative estimate of drug-likeness (QED) is 0.838. The summed E-state index contributed by atoms with van der Waals surface area (Å²) in [6, 6.07) is 4.82. The summed E-state index contributed by atoms with van der Waals surface area (Å²) >= 11 is 0. The Morgan fingerprint density at radius 2 is 2.06 bits per heavy atom. The minimum atomic E-state index is -2.89. The molecule has 2 aromatic rings. The van der Waals surface area contributed by atoms with Crippen LogP contribution in [-0.2, 0) is 0 Å². The molecule has 4 nitrogen and oxygen atoms in total. The van der Waals surface area contributed by atoms with Gasteiger partial charge in [-0.25, -0.2) is 4.98 Å². The van der Waals surface area contributed by atoms with Crippen LogP contribution in [0.15, 0.2) is 28.9 Å². The molecule has 2 rings (SSSR count). The van der Waals surface area contributed by atoms with E-state index < -0.39 is 6.61 Å². The lowest BCUT2D eigenvalue weighted by atomic mass is 10.1. The van der Waals surface area contributed by atoms with Crippen LogP contribution >= 0.6 is 0 Å². The van der Waals surface area contributed by atoms with Crippen molar-refractivity contribution in [3.8, 4) is 17.1 Å². The monoisotopic (exact) mass is 254 g/mol. The Kier molecular flexibility index (Phi) is 3.55. The van der Waals surface area contributed by atoms with Gasteiger partial charge >= 0.3 is 6.61 Å². The number of hydrogen-bond donors (Lipinski definition) is 0. The minimum absolute atomic E-state index is 0.142. The van der Waals surface area contributed by atoms with Gasteiger partial charge in [-0.3, -0.25) is 0 Å². The maximum atomic E-state index is 12.1. The van der Waals surface area contributed by atoms with Crippen LogP contribution in [0.25, 0.3) is 11.3 Å². The van der Waals surface area contributed by atoms with Crippen LogP contribution in [0, 0.1) is 0 Å². The fourth-order valence-electron chi connectivity index (χ4n) is 1.42. The first-order chi connectivity index (χ1) is 8.56. The molecule has 0 saturated heterocycles. The molecule has 0 spiro atoms. The van der Waals surface area contributed by atoms with Crippen LogP contribution in [0.2, 0.25) is 0 Å². The molecule has 6 heteroatoms. The van der Waals surface area contributed by atoms with E-state index in [0.717, 1.165) is 5.76 Å². The molecule has 2 heterocycles. The minimum Gasteiger partial charge on any atom is -0.417 e. The lowest BCUT2D eigenvalue weighted by molar-refractivity contribution is -0.0528. The third-order valence-electron chi connectivity index (χ3n) is 2.34. The van der Waals surface area contributed by atoms with Gasteiger partial charge in [-0.05, 0) is 6.07 Å². The number of ether oxygens (including phenoxy) is 1. The van der Waals surface area contributed by atoms with Gasteiger partial charge in [0.15, 0.2) is 0 Å². The van der Waals surface area contributed by atoms with Gasteiger partial charge < -0.3 is 9.26 Å². The van der Waals surface area contributed by atoms with Crippen molar-refractivity contribution in [3.63, 3.8) is 0 Å². The Morgan fingerprint density at radius 1 is 1.28 bits per heavy atom. The molecule has 0 N–H and O–H groups in total. The van der Waals surface area contributed by atoms with Gasteiger partial charge in [-0.1, -0.05) is 19.0 Å². The third-order valence-corrected chi connectivity index (χ3v) is 2.34. The molecule has 0 fully saturated rings. The van der Waals surface area contributed by atoms with Crippen molar-refractivity contribution >= 4 is 0 Å². The normalized spacial score (nSPS) is 11.2. The van der Waals surface area contributed by atoms with Crippen LogP contribution in [0.5, 0.6) is 5.88 Å². The second-order valence-corrected chi connectivity index (χ2v) is 4.03. The lowest BCUT2D eigenvalue weighted by Crippen LogP contribution is -2.03. The van der Waals surface area contributed by atoms with E-state index in [-0.39, 0.29) is 11.8 Å². The fraction of sp³-hybridized carbons (Fsp3) is 0.333. The Labute approximate surface area is 103 Å². The number of alkyl halides is 2. The summed E-state index contributed by atoms with van der Waals surface area (Å²) < 4.78 is 33.5. The highest BCUT2D eigenvalue weighted by Crippen LogP contribution is 2.25. The fourth-order valence-corrected chi connectivity index (χ4v) is 1.42. The van der Waals surface area contributed by atoms with Crippen LogP contribution in [0.1, 0.15) is 25.5 Å². The zero-order valence-electron chi connectivity index (χ0n) is 9.93. The number of aromatic nitrogens is 2. The van der Waals surface area contributed by atoms with Gasteiger partial charge in [0, 0.05) is 29.8 Å². The summed E-state index contributed by atoms with van der Waals surface area (Å²) in [5.41, 5.74) is 1.19. The van der Waals surface area contributed by atoms with Gasteiger partial charge in [-0.15, -0.1) is 0 Å². The molecule has 96 valence electrons. The Morgan fingerprint density at radius 3 is 2.67 bits per heavy atom. The number of nitrogens with zero attached hydrogens (tertiary/aromatic N) is 2. The zero-order chi connectivity index (χ0) is 13.1. The second kappa shape index (κ2) is 5.12. The van der Waals surface area contributed by atoms with Gasteiger partial charge in [0.25, 0.3) is 0 Å². The molecule has 0 aliphatic carbocycles. The average Bonchev–Trinajstić information content (AvgIpc) is 2.77. The molecule has 0 aliphatic heterocycles. The van der Waals surface area contributed by atoms with Crippen molar-refractivity contribution in [3.05, 3.63) is 30.2 Å². The topological polar surface area (TPSA) is 48.2 Å². The largest absolute Gasteiger partial charge is 0.417 e. The maximum absolute atomic E-state index is 12.1. The molecule has 18 heavy (non-hydrogen) atoms. The van der Waals surface area contributed by atoms with Crippen molar-refractivity contribution in [1.29, 1.82) is 0 Å². The summed E-state index contributed by atoms with van der Waals surface area (Å²) in [6.45, 7) is 1.06. The van der Waals surface area contributed by atoms with Crippen molar-refractivity contribution in [2.24, 2.45) is 0 Å². The second-order valence-electron chi connectivity index (χ2n) is 4.03. The summed E-state index contributed by atoms with van der Waals surface area (Å²) in [4.78, 5) is 3.69. The van der Waals surface area contributed by atoms with E-state index in [1.54, 1.807) is 12.1 Å². The molecular weight excluding hydrogens is 242 g/mol. The SMILES string of the molecule is CC(C)c1cc(-c2ccnc(OC(F)F)c2)no1. The summed E-state index contributed by atoms with van der Waals surface area (Å²) in [7, 11) is 0. The van der Waals surface area contributed by atoms with Crippen molar-refractivity contribution in [1.82, 2.24) is 10.1 Å². The Hall–Kier alpha value is -1.98. The van der Waals surface area contributed by atoms with Crippen molar-refractivity contribution < 1.29 is 18.0 Å². The first-order valence-electron chi connectivity index (χ1n) is 5.44. The Balaban J connectivity index is 2.26. The van der Waals surface area contributed by atoms with E-state index in [2.05, 4.69) is 14.9 Å². The number of halogens is 2. The van der Waals surface area contributed by atoms with Crippen molar-refractivity contribution in [2.45, 2.75) is 26.4 Å². The highest BCUT2D eigenvalue weighted by Gasteiger charge is 2.11. The molecule has 0 aliphatic rings. The number of rotatable bonds is 4. The molecule has 0 atom stereocenters. The summed E-state index contributed by atoms with van der Waals surface area (Å²) in [5, 5.41) is 3.88. The molecule has 0 saturated carbocycles. The smallest absolute Gasteiger partial charge is 0.388 e. The highest BCUT2D eigenvalue weighted by atomic mass is 19.3. The molecular formula is C12H12F2N2O2. The van der Waals surface area contributed by atoms with Gasteiger partial charge in [0.05, 0.1) is 0 Å². The molecule has 2 aromatic heterocycles. The highest BCUT2D eigenvalue weighted by molar-refractivity contribution is 5.59. The molecule has 0 aromatic carbocycles. The van der Waals surface area contributed by atoms with Crippen LogP contribution in [-0.4, -0.2) is 16.8 Å². The van der Waals surface area contributed by atoms with Gasteiger partial charge in [0.1, 0.15) is 11.5 Å². The van der Waals surface area contributed by atoms with E-state index in [4.69, 9.17) is 4.52 Å². The van der Waals surface area contributed by atoms with E-state index in [1.165, 1.54) is 12.3 Å². The first-order valence-corrected chi connectivity index (χ1v) is 5.44. The van der Waals surface area contributed by atoms with Crippen LogP contribution < -0.4 is 4.74 Å². The summed E-state index contributed by atoms with van der Waals surface area (Å²) in [5.74, 6) is 0.805. The maximum Gasteiger partial charge on any atom is 0.388 e. The van der Waals surface area contributed by atoms with Crippen LogP contribution in [0.3, 0.4) is 0 Å². The predicted molar refractivity (Wildman–Crippen MR) is 60.5 cm³/mol.